The third-order valence-electron chi connectivity index (χ3n) is 7.09. The van der Waals surface area contributed by atoms with Crippen LogP contribution in [0.2, 0.25) is 0 Å². The van der Waals surface area contributed by atoms with Crippen molar-refractivity contribution in [2.75, 3.05) is 24.7 Å². The van der Waals surface area contributed by atoms with Gasteiger partial charge in [-0.1, -0.05) is 34.4 Å². The fourth-order valence-electron chi connectivity index (χ4n) is 4.60. The van der Waals surface area contributed by atoms with Gasteiger partial charge >= 0.3 is 11.9 Å². The highest BCUT2D eigenvalue weighted by Gasteiger charge is 2.18. The number of carboxylic acid groups (broad SMARTS) is 2. The molecule has 8 N–H and O–H groups in total. The number of carbonyl (C=O) groups is 2. The van der Waals surface area contributed by atoms with Gasteiger partial charge in [0.05, 0.1) is 9.79 Å². The average molecular weight is 719 g/mol. The molecule has 0 amide bonds. The lowest BCUT2D eigenvalue weighted by Gasteiger charge is -2.21. The molecule has 0 fully saturated rings. The summed E-state index contributed by atoms with van der Waals surface area (Å²) in [5.41, 5.74) is 1.45. The van der Waals surface area contributed by atoms with Crippen LogP contribution in [-0.2, 0) is 22.4 Å². The van der Waals surface area contributed by atoms with Crippen LogP contribution in [0.1, 0.15) is 75.3 Å². The van der Waals surface area contributed by atoms with Gasteiger partial charge in [-0.2, -0.15) is 0 Å². The second-order valence-electron chi connectivity index (χ2n) is 10.9. The van der Waals surface area contributed by atoms with Crippen molar-refractivity contribution in [3.8, 4) is 23.0 Å². The molecule has 2 atom stereocenters. The molecule has 14 heteroatoms. The van der Waals surface area contributed by atoms with Gasteiger partial charge in [0, 0.05) is 36.6 Å². The number of phenols is 4. The molecule has 2 unspecified atom stereocenters. The van der Waals surface area contributed by atoms with Crippen LogP contribution in [0.5, 0.6) is 23.0 Å². The molecular weight excluding hydrogens is 673 g/mol. The highest BCUT2D eigenvalue weighted by Crippen LogP contribution is 2.43. The van der Waals surface area contributed by atoms with E-state index in [0.717, 1.165) is 49.7 Å². The van der Waals surface area contributed by atoms with Crippen molar-refractivity contribution < 1.29 is 50.4 Å². The van der Waals surface area contributed by atoms with Gasteiger partial charge in [0.2, 0.25) is 0 Å². The summed E-state index contributed by atoms with van der Waals surface area (Å²) in [7, 11) is 3.47. The minimum atomic E-state index is -0.827. The molecule has 0 aliphatic carbocycles. The van der Waals surface area contributed by atoms with E-state index in [1.807, 2.05) is 0 Å². The van der Waals surface area contributed by atoms with E-state index in [0.29, 0.717) is 47.0 Å². The zero-order valence-electron chi connectivity index (χ0n) is 25.8. The minimum absolute atomic E-state index is 0.0731. The summed E-state index contributed by atoms with van der Waals surface area (Å²) in [4.78, 5) is 23.1. The Morgan fingerprint density at radius 1 is 0.587 bits per heavy atom. The van der Waals surface area contributed by atoms with Gasteiger partial charge in [-0.25, -0.2) is 0 Å². The van der Waals surface area contributed by atoms with Gasteiger partial charge in [0.1, 0.15) is 0 Å². The molecule has 0 saturated heterocycles. The van der Waals surface area contributed by atoms with E-state index in [2.05, 4.69) is 0 Å². The average Bonchev–Trinajstić information content (AvgIpc) is 3.00. The van der Waals surface area contributed by atoms with Crippen molar-refractivity contribution in [3.63, 3.8) is 0 Å². The van der Waals surface area contributed by atoms with E-state index < -0.39 is 11.9 Å². The zero-order valence-corrected chi connectivity index (χ0v) is 29.1. The Morgan fingerprint density at radius 2 is 0.978 bits per heavy atom. The van der Waals surface area contributed by atoms with Crippen molar-refractivity contribution in [3.05, 3.63) is 35.4 Å². The van der Waals surface area contributed by atoms with Gasteiger partial charge in [-0.3, -0.25) is 9.59 Å². The maximum Gasteiger partial charge on any atom is 0.303 e. The highest BCUT2D eigenvalue weighted by molar-refractivity contribution is 8.77. The quantitative estimate of drug-likeness (QED) is 0.0235. The Hall–Kier alpha value is -2.10. The van der Waals surface area contributed by atoms with Gasteiger partial charge in [-0.05, 0) is 98.3 Å². The molecule has 0 bridgehead atoms. The molecule has 0 aromatic heterocycles. The summed E-state index contributed by atoms with van der Waals surface area (Å²) in [5.74, 6) is -1.18. The molecule has 0 aliphatic heterocycles. The third-order valence-corrected chi connectivity index (χ3v) is 12.8. The lowest BCUT2D eigenvalue weighted by atomic mass is 10.1. The van der Waals surface area contributed by atoms with E-state index in [9.17, 15) is 40.2 Å². The molecule has 2 aromatic carbocycles. The third kappa shape index (κ3) is 15.7. The van der Waals surface area contributed by atoms with E-state index in [1.54, 1.807) is 33.7 Å². The van der Waals surface area contributed by atoms with Crippen LogP contribution in [0.25, 0.3) is 0 Å². The molecule has 2 aromatic rings. The summed E-state index contributed by atoms with van der Waals surface area (Å²) < 4.78 is 0. The summed E-state index contributed by atoms with van der Waals surface area (Å²) in [6.07, 6.45) is 6.73. The van der Waals surface area contributed by atoms with Gasteiger partial charge in [-0.15, -0.1) is 23.5 Å². The van der Waals surface area contributed by atoms with E-state index in [4.69, 9.17) is 10.2 Å². The molecule has 0 radical (unpaired) electrons. The number of unbranched alkanes of at least 4 members (excludes halogenated alkanes) is 2. The Bertz CT molecular complexity index is 1140. The van der Waals surface area contributed by atoms with Crippen LogP contribution in [-0.4, -0.2) is 88.0 Å². The summed E-state index contributed by atoms with van der Waals surface area (Å²) in [5, 5.41) is 78.0. The molecule has 2 rings (SSSR count). The minimum Gasteiger partial charge on any atom is -0.504 e. The molecule has 0 spiro atoms. The fraction of sp³-hybridized carbons (Fsp3) is 0.562. The normalized spacial score (nSPS) is 12.7. The Balaban J connectivity index is 2.06. The molecule has 0 saturated carbocycles. The van der Waals surface area contributed by atoms with Crippen LogP contribution in [0.15, 0.2) is 34.1 Å². The van der Waals surface area contributed by atoms with Crippen molar-refractivity contribution in [1.82, 2.24) is 0 Å². The first kappa shape index (κ1) is 40.1. The number of aliphatic hydroxyl groups is 2. The first-order valence-corrected chi connectivity index (χ1v) is 19.6. The largest absolute Gasteiger partial charge is 0.504 e. The Morgan fingerprint density at radius 3 is 1.33 bits per heavy atom. The maximum absolute atomic E-state index is 11.0. The maximum atomic E-state index is 11.0. The number of carboxylic acids is 2. The lowest BCUT2D eigenvalue weighted by molar-refractivity contribution is -0.138. The molecule has 0 heterocycles. The predicted octanol–water partition coefficient (Wildman–Crippen LogP) is 6.65. The first-order chi connectivity index (χ1) is 22.0. The summed E-state index contributed by atoms with van der Waals surface area (Å²) in [6.45, 7) is -0.146. The number of aliphatic hydroxyl groups excluding tert-OH is 2. The van der Waals surface area contributed by atoms with Crippen molar-refractivity contribution >= 4 is 57.1 Å². The lowest BCUT2D eigenvalue weighted by Crippen LogP contribution is -2.08. The Labute approximate surface area is 286 Å². The van der Waals surface area contributed by atoms with Crippen LogP contribution >= 0.6 is 45.1 Å². The first-order valence-electron chi connectivity index (χ1n) is 15.4. The monoisotopic (exact) mass is 718 g/mol. The van der Waals surface area contributed by atoms with Gasteiger partial charge in [0.15, 0.2) is 23.0 Å². The zero-order chi connectivity index (χ0) is 33.9. The topological polar surface area (TPSA) is 196 Å². The second kappa shape index (κ2) is 22.5. The molecule has 0 aliphatic rings. The van der Waals surface area contributed by atoms with Crippen molar-refractivity contribution in [2.45, 2.75) is 97.3 Å². The van der Waals surface area contributed by atoms with Crippen LogP contribution in [0.3, 0.4) is 0 Å². The number of phenolic OH excluding ortho intramolecular Hbond substituents is 4. The number of aliphatic carboxylic acids is 2. The second-order valence-corrected chi connectivity index (χ2v) is 16.0. The predicted molar refractivity (Wildman–Crippen MR) is 187 cm³/mol. The van der Waals surface area contributed by atoms with Gasteiger partial charge in [0.25, 0.3) is 0 Å². The van der Waals surface area contributed by atoms with E-state index in [1.165, 1.54) is 35.7 Å². The molecule has 10 nitrogen and oxygen atoms in total. The summed E-state index contributed by atoms with van der Waals surface area (Å²) >= 11 is 2.84. The number of rotatable bonds is 25. The molecular formula is C32H46O10S4. The SMILES string of the molecule is O=C(O)CCCCC(CCSc1cc(CCO)cc(O)c1O)SSC(CCCCC(=O)O)CCSc1cc(CCO)cc(O)c1O. The van der Waals surface area contributed by atoms with Crippen LogP contribution in [0, 0.1) is 0 Å². The number of hydrogen-bond donors (Lipinski definition) is 8. The highest BCUT2D eigenvalue weighted by atomic mass is 33.1. The number of aromatic hydroxyl groups is 4. The van der Waals surface area contributed by atoms with Crippen molar-refractivity contribution in [1.29, 1.82) is 0 Å². The van der Waals surface area contributed by atoms with Gasteiger partial charge < -0.3 is 40.9 Å². The molecule has 46 heavy (non-hydrogen) atoms. The van der Waals surface area contributed by atoms with Crippen molar-refractivity contribution in [2.24, 2.45) is 0 Å². The smallest absolute Gasteiger partial charge is 0.303 e. The summed E-state index contributed by atoms with van der Waals surface area (Å²) in [6, 6.07) is 6.42. The standard InChI is InChI=1S/C32H46O10S4/c33-13-9-21-17-25(35)31(41)27(19-21)43-15-11-23(5-1-3-7-29(37)38)45-46-24(6-2-4-8-30(39)40)12-16-44-28-20-22(10-14-34)18-26(36)32(28)42/h17-20,23-24,33-36,41-42H,1-16H2,(H,37,38)(H,39,40). The fourth-order valence-corrected chi connectivity index (χ4v) is 10.5. The van der Waals surface area contributed by atoms with E-state index >= 15 is 0 Å². The number of thioether (sulfide) groups is 2. The van der Waals surface area contributed by atoms with Crippen LogP contribution < -0.4 is 0 Å². The number of hydrogen-bond acceptors (Lipinski definition) is 12. The van der Waals surface area contributed by atoms with Crippen LogP contribution in [0.4, 0.5) is 0 Å². The number of benzene rings is 2. The molecule has 258 valence electrons. The Kier molecular flexibility index (Phi) is 19.6. The van der Waals surface area contributed by atoms with E-state index in [-0.39, 0.29) is 59.6 Å².